The topological polar surface area (TPSA) is 78.5 Å². The average molecular weight is 400 g/mol. The second-order valence-electron chi connectivity index (χ2n) is 7.30. The summed E-state index contributed by atoms with van der Waals surface area (Å²) >= 11 is 0. The van der Waals surface area contributed by atoms with E-state index in [1.807, 2.05) is 29.4 Å². The molecule has 148 valence electrons. The molecular weight excluding hydrogens is 374 g/mol. The van der Waals surface area contributed by atoms with Crippen LogP contribution in [0.25, 0.3) is 16.8 Å². The Morgan fingerprint density at radius 3 is 2.32 bits per heavy atom. The molecular formula is C21H25N3O3S. The molecule has 0 saturated heterocycles. The quantitative estimate of drug-likeness (QED) is 0.778. The van der Waals surface area contributed by atoms with Crippen LogP contribution >= 0.6 is 0 Å². The molecule has 1 aliphatic heterocycles. The Kier molecular flexibility index (Phi) is 5.47. The van der Waals surface area contributed by atoms with Gasteiger partial charge in [0.1, 0.15) is 0 Å². The lowest BCUT2D eigenvalue weighted by molar-refractivity contribution is -0.115. The van der Waals surface area contributed by atoms with Gasteiger partial charge in [-0.25, -0.2) is 8.42 Å². The van der Waals surface area contributed by atoms with Gasteiger partial charge in [0.25, 0.3) is 0 Å². The lowest BCUT2D eigenvalue weighted by Gasteiger charge is -2.32. The van der Waals surface area contributed by atoms with Gasteiger partial charge in [-0.15, -0.1) is 0 Å². The van der Waals surface area contributed by atoms with Gasteiger partial charge in [-0.2, -0.15) is 0 Å². The Morgan fingerprint density at radius 2 is 1.75 bits per heavy atom. The number of sulfone groups is 1. The van der Waals surface area contributed by atoms with Crippen molar-refractivity contribution < 1.29 is 13.2 Å². The van der Waals surface area contributed by atoms with Crippen molar-refractivity contribution in [1.82, 2.24) is 10.7 Å². The van der Waals surface area contributed by atoms with Crippen LogP contribution in [0.5, 0.6) is 0 Å². The number of nitrogens with zero attached hydrogens (tertiary/aromatic N) is 1. The molecule has 0 fully saturated rings. The first-order valence-corrected chi connectivity index (χ1v) is 11.0. The molecule has 0 aromatic heterocycles. The monoisotopic (exact) mass is 399 g/mol. The van der Waals surface area contributed by atoms with E-state index >= 15 is 0 Å². The summed E-state index contributed by atoms with van der Waals surface area (Å²) < 4.78 is 23.4. The van der Waals surface area contributed by atoms with Gasteiger partial charge < -0.3 is 10.7 Å². The molecule has 7 heteroatoms. The fourth-order valence-corrected chi connectivity index (χ4v) is 3.76. The number of benzene rings is 2. The van der Waals surface area contributed by atoms with E-state index in [9.17, 15) is 13.2 Å². The van der Waals surface area contributed by atoms with Crippen molar-refractivity contribution in [2.24, 2.45) is 0 Å². The summed E-state index contributed by atoms with van der Waals surface area (Å²) in [7, 11) is -3.23. The van der Waals surface area contributed by atoms with Crippen molar-refractivity contribution in [3.8, 4) is 11.1 Å². The number of carbonyl (C=O) groups is 1. The van der Waals surface area contributed by atoms with Crippen LogP contribution in [0.1, 0.15) is 26.3 Å². The largest absolute Gasteiger partial charge is 0.381 e. The van der Waals surface area contributed by atoms with E-state index in [1.165, 1.54) is 6.26 Å². The van der Waals surface area contributed by atoms with Crippen molar-refractivity contribution in [2.75, 3.05) is 17.8 Å². The van der Waals surface area contributed by atoms with Crippen LogP contribution in [0.15, 0.2) is 53.6 Å². The van der Waals surface area contributed by atoms with Crippen LogP contribution in [-0.4, -0.2) is 33.0 Å². The summed E-state index contributed by atoms with van der Waals surface area (Å²) in [4.78, 5) is 12.0. The molecule has 0 aliphatic carbocycles. The molecule has 0 spiro atoms. The molecule has 0 bridgehead atoms. The zero-order chi connectivity index (χ0) is 20.5. The number of rotatable bonds is 6. The minimum atomic E-state index is -3.23. The Bertz CT molecular complexity index is 1030. The van der Waals surface area contributed by atoms with Crippen molar-refractivity contribution >= 4 is 27.0 Å². The number of ketones is 1. The molecule has 2 aromatic carbocycles. The fraction of sp³-hybridized carbons (Fsp3) is 0.286. The van der Waals surface area contributed by atoms with Crippen molar-refractivity contribution in [3.05, 3.63) is 54.2 Å². The zero-order valence-electron chi connectivity index (χ0n) is 16.5. The normalized spacial score (nSPS) is 13.6. The van der Waals surface area contributed by atoms with Gasteiger partial charge in [0.05, 0.1) is 22.8 Å². The van der Waals surface area contributed by atoms with Crippen LogP contribution in [0.2, 0.25) is 0 Å². The third-order valence-corrected chi connectivity index (χ3v) is 5.51. The van der Waals surface area contributed by atoms with Crippen molar-refractivity contribution in [1.29, 1.82) is 0 Å². The SMILES string of the molecule is CC(=O)CN1NC=C(NC(C)C)c2ccc(-c3ccc(S(C)(=O)=O)cc3)cc21. The summed E-state index contributed by atoms with van der Waals surface area (Å²) in [5.41, 5.74) is 7.89. The number of anilines is 1. The molecule has 0 saturated carbocycles. The van der Waals surface area contributed by atoms with Gasteiger partial charge in [0.2, 0.25) is 0 Å². The van der Waals surface area contributed by atoms with Gasteiger partial charge in [0.15, 0.2) is 15.6 Å². The van der Waals surface area contributed by atoms with Gasteiger partial charge in [-0.1, -0.05) is 24.3 Å². The predicted octanol–water partition coefficient (Wildman–Crippen LogP) is 2.97. The van der Waals surface area contributed by atoms with Crippen LogP contribution < -0.4 is 15.8 Å². The third-order valence-electron chi connectivity index (χ3n) is 4.38. The summed E-state index contributed by atoms with van der Waals surface area (Å²) in [6, 6.07) is 13.1. The highest BCUT2D eigenvalue weighted by Crippen LogP contribution is 2.33. The highest BCUT2D eigenvalue weighted by atomic mass is 32.2. The van der Waals surface area contributed by atoms with E-state index in [4.69, 9.17) is 0 Å². The maximum atomic E-state index is 11.7. The van der Waals surface area contributed by atoms with E-state index in [0.717, 1.165) is 28.1 Å². The van der Waals surface area contributed by atoms with Crippen LogP contribution in [0.3, 0.4) is 0 Å². The molecule has 0 radical (unpaired) electrons. The number of carbonyl (C=O) groups excluding carboxylic acids is 1. The van der Waals surface area contributed by atoms with Gasteiger partial charge in [-0.05, 0) is 50.1 Å². The second-order valence-corrected chi connectivity index (χ2v) is 9.32. The van der Waals surface area contributed by atoms with E-state index in [0.29, 0.717) is 4.90 Å². The molecule has 3 rings (SSSR count). The number of hydrazine groups is 1. The Labute approximate surface area is 166 Å². The third kappa shape index (κ3) is 4.36. The van der Waals surface area contributed by atoms with E-state index in [1.54, 1.807) is 31.2 Å². The molecule has 2 aromatic rings. The first kappa shape index (κ1) is 19.9. The molecule has 28 heavy (non-hydrogen) atoms. The number of fused-ring (bicyclic) bond motifs is 1. The summed E-state index contributed by atoms with van der Waals surface area (Å²) in [6.07, 6.45) is 3.06. The van der Waals surface area contributed by atoms with Gasteiger partial charge >= 0.3 is 0 Å². The minimum Gasteiger partial charge on any atom is -0.381 e. The smallest absolute Gasteiger partial charge is 0.175 e. The average Bonchev–Trinajstić information content (AvgIpc) is 2.62. The van der Waals surface area contributed by atoms with Crippen LogP contribution in [-0.2, 0) is 14.6 Å². The summed E-state index contributed by atoms with van der Waals surface area (Å²) in [5, 5.41) is 5.23. The number of hydrogen-bond donors (Lipinski definition) is 2. The van der Waals surface area contributed by atoms with E-state index in [2.05, 4.69) is 24.6 Å². The molecule has 0 amide bonds. The maximum Gasteiger partial charge on any atom is 0.175 e. The first-order valence-electron chi connectivity index (χ1n) is 9.10. The minimum absolute atomic E-state index is 0.0510. The van der Waals surface area contributed by atoms with E-state index < -0.39 is 9.84 Å². The molecule has 1 heterocycles. The number of nitrogens with one attached hydrogen (secondary N) is 2. The fourth-order valence-electron chi connectivity index (χ4n) is 3.13. The van der Waals surface area contributed by atoms with Crippen molar-refractivity contribution in [2.45, 2.75) is 31.7 Å². The highest BCUT2D eigenvalue weighted by molar-refractivity contribution is 7.90. The van der Waals surface area contributed by atoms with Crippen molar-refractivity contribution in [3.63, 3.8) is 0 Å². The summed E-state index contributed by atoms with van der Waals surface area (Å²) in [6.45, 7) is 5.94. The molecule has 0 unspecified atom stereocenters. The Balaban J connectivity index is 2.02. The molecule has 2 N–H and O–H groups in total. The second kappa shape index (κ2) is 7.67. The van der Waals surface area contributed by atoms with Crippen LogP contribution in [0, 0.1) is 0 Å². The maximum absolute atomic E-state index is 11.7. The van der Waals surface area contributed by atoms with E-state index in [-0.39, 0.29) is 18.4 Å². The van der Waals surface area contributed by atoms with Gasteiger partial charge in [0, 0.05) is 24.1 Å². The highest BCUT2D eigenvalue weighted by Gasteiger charge is 2.21. The number of hydrogen-bond acceptors (Lipinski definition) is 6. The molecule has 1 aliphatic rings. The van der Waals surface area contributed by atoms with Crippen LogP contribution in [0.4, 0.5) is 5.69 Å². The Hall–Kier alpha value is -2.80. The standard InChI is InChI=1S/C21H25N3O3S/c1-14(2)23-20-12-22-24(13-15(3)25)21-11-17(7-10-19(20)21)16-5-8-18(9-6-16)28(4,26)27/h5-12,14,22-23H,13H2,1-4H3. The summed E-state index contributed by atoms with van der Waals surface area (Å²) in [5.74, 6) is 0.0510. The predicted molar refractivity (Wildman–Crippen MR) is 112 cm³/mol. The number of Topliss-reactive ketones (excluding diaryl/α,β-unsaturated/α-hetero) is 1. The molecule has 6 nitrogen and oxygen atoms in total. The zero-order valence-corrected chi connectivity index (χ0v) is 17.3. The molecule has 0 atom stereocenters. The Morgan fingerprint density at radius 1 is 1.11 bits per heavy atom. The lowest BCUT2D eigenvalue weighted by atomic mass is 9.99. The van der Waals surface area contributed by atoms with Gasteiger partial charge in [-0.3, -0.25) is 9.80 Å². The first-order chi connectivity index (χ1) is 13.1. The lowest BCUT2D eigenvalue weighted by Crippen LogP contribution is -2.42.